The highest BCUT2D eigenvalue weighted by atomic mass is 16.5. The van der Waals surface area contributed by atoms with Gasteiger partial charge in [-0.15, -0.1) is 0 Å². The van der Waals surface area contributed by atoms with Crippen molar-refractivity contribution in [2.45, 2.75) is 39.7 Å². The van der Waals surface area contributed by atoms with Crippen LogP contribution in [0.5, 0.6) is 0 Å². The molecule has 0 aliphatic rings. The molecule has 0 aromatic carbocycles. The fourth-order valence-electron chi connectivity index (χ4n) is 1.59. The van der Waals surface area contributed by atoms with Gasteiger partial charge in [0, 0.05) is 12.4 Å². The molecule has 1 unspecified atom stereocenters. The van der Waals surface area contributed by atoms with Crippen LogP contribution in [0.3, 0.4) is 0 Å². The van der Waals surface area contributed by atoms with E-state index in [1.165, 1.54) is 0 Å². The van der Waals surface area contributed by atoms with Crippen molar-refractivity contribution in [3.05, 3.63) is 18.0 Å². The van der Waals surface area contributed by atoms with E-state index in [0.717, 1.165) is 12.0 Å². The number of aromatic nitrogens is 2. The summed E-state index contributed by atoms with van der Waals surface area (Å²) in [4.78, 5) is 31.6. The van der Waals surface area contributed by atoms with Crippen molar-refractivity contribution in [3.63, 3.8) is 0 Å². The summed E-state index contributed by atoms with van der Waals surface area (Å²) in [6.45, 7) is 5.89. The Morgan fingerprint density at radius 1 is 1.14 bits per heavy atom. The average molecular weight is 295 g/mol. The molecule has 1 aromatic heterocycles. The molecule has 0 aliphatic heterocycles. The van der Waals surface area contributed by atoms with Gasteiger partial charge in [-0.05, 0) is 25.8 Å². The van der Waals surface area contributed by atoms with Crippen LogP contribution in [0.2, 0.25) is 0 Å². The predicted molar refractivity (Wildman–Crippen MR) is 76.7 cm³/mol. The summed E-state index contributed by atoms with van der Waals surface area (Å²) in [5.41, 5.74) is 0.985. The first kappa shape index (κ1) is 16.9. The lowest BCUT2D eigenvalue weighted by molar-refractivity contribution is -0.150. The van der Waals surface area contributed by atoms with Gasteiger partial charge in [-0.1, -0.05) is 6.92 Å². The Morgan fingerprint density at radius 3 is 2.29 bits per heavy atom. The summed E-state index contributed by atoms with van der Waals surface area (Å²) in [7, 11) is 0. The molecule has 1 atom stereocenters. The Bertz CT molecular complexity index is 462. The Morgan fingerprint density at radius 2 is 1.76 bits per heavy atom. The second-order valence-electron chi connectivity index (χ2n) is 4.23. The van der Waals surface area contributed by atoms with E-state index >= 15 is 0 Å². The Labute approximate surface area is 124 Å². The first-order chi connectivity index (χ1) is 10.1. The van der Waals surface area contributed by atoms with Crippen LogP contribution < -0.4 is 5.32 Å². The number of nitrogens with zero attached hydrogens (tertiary/aromatic N) is 2. The number of hydrogen-bond acceptors (Lipinski definition) is 7. The number of aryl methyl sites for hydroxylation is 1. The summed E-state index contributed by atoms with van der Waals surface area (Å²) in [6.07, 6.45) is 4.03. The van der Waals surface area contributed by atoms with Crippen LogP contribution in [-0.4, -0.2) is 41.2 Å². The number of carbonyl (C=O) groups excluding carboxylic acids is 2. The van der Waals surface area contributed by atoms with Gasteiger partial charge >= 0.3 is 11.9 Å². The first-order valence-electron chi connectivity index (χ1n) is 7.00. The van der Waals surface area contributed by atoms with E-state index < -0.39 is 18.0 Å². The molecule has 0 fully saturated rings. The minimum Gasteiger partial charge on any atom is -0.466 e. The molecule has 1 N–H and O–H groups in total. The van der Waals surface area contributed by atoms with Crippen LogP contribution in [0.15, 0.2) is 12.4 Å². The maximum atomic E-state index is 11.9. The third-order valence-electron chi connectivity index (χ3n) is 2.66. The molecule has 1 aromatic rings. The standard InChI is InChI=1S/C14H21N3O4/c1-4-10-8-15-14(16-9-10)17-11(13(19)21-6-3)7-12(18)20-5-2/h8-9,11H,4-7H2,1-3H3,(H,15,16,17). The average Bonchev–Trinajstić information content (AvgIpc) is 2.48. The number of carbonyl (C=O) groups is 2. The molecule has 0 saturated heterocycles. The van der Waals surface area contributed by atoms with Crippen LogP contribution in [0.25, 0.3) is 0 Å². The lowest BCUT2D eigenvalue weighted by atomic mass is 10.2. The highest BCUT2D eigenvalue weighted by Gasteiger charge is 2.24. The SMILES string of the molecule is CCOC(=O)CC(Nc1ncc(CC)cn1)C(=O)OCC. The minimum absolute atomic E-state index is 0.133. The molecule has 1 heterocycles. The van der Waals surface area contributed by atoms with Crippen LogP contribution in [0.1, 0.15) is 32.8 Å². The lowest BCUT2D eigenvalue weighted by Crippen LogP contribution is -2.35. The summed E-state index contributed by atoms with van der Waals surface area (Å²) in [5.74, 6) is -0.739. The number of rotatable bonds is 8. The molecule has 1 rings (SSSR count). The highest BCUT2D eigenvalue weighted by molar-refractivity contribution is 5.84. The van der Waals surface area contributed by atoms with Gasteiger partial charge < -0.3 is 14.8 Å². The number of hydrogen-bond donors (Lipinski definition) is 1. The molecule has 7 nitrogen and oxygen atoms in total. The molecule has 21 heavy (non-hydrogen) atoms. The fourth-order valence-corrected chi connectivity index (χ4v) is 1.59. The quantitative estimate of drug-likeness (QED) is 0.723. The van der Waals surface area contributed by atoms with Gasteiger partial charge in [-0.3, -0.25) is 4.79 Å². The third kappa shape index (κ3) is 5.76. The third-order valence-corrected chi connectivity index (χ3v) is 2.66. The molecule has 0 aliphatic carbocycles. The molecule has 0 radical (unpaired) electrons. The monoisotopic (exact) mass is 295 g/mol. The first-order valence-corrected chi connectivity index (χ1v) is 7.00. The van der Waals surface area contributed by atoms with Gasteiger partial charge in [0.25, 0.3) is 0 Å². The summed E-state index contributed by atoms with van der Waals surface area (Å²) < 4.78 is 9.78. The van der Waals surface area contributed by atoms with Gasteiger partial charge in [0.05, 0.1) is 19.6 Å². The Balaban J connectivity index is 2.74. The van der Waals surface area contributed by atoms with Crippen molar-refractivity contribution >= 4 is 17.9 Å². The zero-order valence-electron chi connectivity index (χ0n) is 12.6. The molecule has 0 bridgehead atoms. The zero-order valence-corrected chi connectivity index (χ0v) is 12.6. The van der Waals surface area contributed by atoms with Crippen molar-refractivity contribution in [1.82, 2.24) is 9.97 Å². The minimum atomic E-state index is -0.864. The van der Waals surface area contributed by atoms with Gasteiger partial charge in [0.2, 0.25) is 5.95 Å². The number of esters is 2. The highest BCUT2D eigenvalue weighted by Crippen LogP contribution is 2.07. The second-order valence-corrected chi connectivity index (χ2v) is 4.23. The van der Waals surface area contributed by atoms with Crippen molar-refractivity contribution in [2.75, 3.05) is 18.5 Å². The molecule has 0 spiro atoms. The van der Waals surface area contributed by atoms with E-state index in [1.54, 1.807) is 26.2 Å². The normalized spacial score (nSPS) is 11.6. The van der Waals surface area contributed by atoms with Crippen LogP contribution in [-0.2, 0) is 25.5 Å². The van der Waals surface area contributed by atoms with E-state index in [2.05, 4.69) is 15.3 Å². The van der Waals surface area contributed by atoms with Gasteiger partial charge in [-0.25, -0.2) is 14.8 Å². The predicted octanol–water partition coefficient (Wildman–Crippen LogP) is 1.34. The number of ether oxygens (including phenoxy) is 2. The zero-order chi connectivity index (χ0) is 15.7. The van der Waals surface area contributed by atoms with E-state index in [1.807, 2.05) is 6.92 Å². The lowest BCUT2D eigenvalue weighted by Gasteiger charge is -2.16. The van der Waals surface area contributed by atoms with Crippen LogP contribution in [0, 0.1) is 0 Å². The van der Waals surface area contributed by atoms with E-state index in [9.17, 15) is 9.59 Å². The van der Waals surface area contributed by atoms with Crippen molar-refractivity contribution < 1.29 is 19.1 Å². The molecule has 0 amide bonds. The second kappa shape index (κ2) is 8.89. The Kier molecular flexibility index (Phi) is 7.14. The summed E-state index contributed by atoms with van der Waals surface area (Å²) >= 11 is 0. The van der Waals surface area contributed by atoms with E-state index in [-0.39, 0.29) is 25.6 Å². The molecular formula is C14H21N3O4. The molecular weight excluding hydrogens is 274 g/mol. The van der Waals surface area contributed by atoms with Gasteiger partial charge in [0.15, 0.2) is 0 Å². The maximum absolute atomic E-state index is 11.9. The van der Waals surface area contributed by atoms with Crippen molar-refractivity contribution in [3.8, 4) is 0 Å². The van der Waals surface area contributed by atoms with Crippen molar-refractivity contribution in [2.24, 2.45) is 0 Å². The van der Waals surface area contributed by atoms with Gasteiger partial charge in [-0.2, -0.15) is 0 Å². The molecule has 0 saturated carbocycles. The number of anilines is 1. The smallest absolute Gasteiger partial charge is 0.329 e. The fraction of sp³-hybridized carbons (Fsp3) is 0.571. The Hall–Kier alpha value is -2.18. The van der Waals surface area contributed by atoms with E-state index in [0.29, 0.717) is 0 Å². The number of nitrogens with one attached hydrogen (secondary N) is 1. The summed E-state index contributed by atoms with van der Waals surface area (Å²) in [5, 5.41) is 2.81. The molecule has 7 heteroatoms. The summed E-state index contributed by atoms with van der Waals surface area (Å²) in [6, 6.07) is -0.864. The van der Waals surface area contributed by atoms with E-state index in [4.69, 9.17) is 9.47 Å². The van der Waals surface area contributed by atoms with Crippen molar-refractivity contribution in [1.29, 1.82) is 0 Å². The largest absolute Gasteiger partial charge is 0.466 e. The van der Waals surface area contributed by atoms with Gasteiger partial charge in [0.1, 0.15) is 6.04 Å². The maximum Gasteiger partial charge on any atom is 0.329 e. The van der Waals surface area contributed by atoms with Crippen LogP contribution >= 0.6 is 0 Å². The topological polar surface area (TPSA) is 90.4 Å². The van der Waals surface area contributed by atoms with Crippen LogP contribution in [0.4, 0.5) is 5.95 Å². The molecule has 116 valence electrons.